The molecule has 0 spiro atoms. The predicted molar refractivity (Wildman–Crippen MR) is 88.9 cm³/mol. The monoisotopic (exact) mass is 347 g/mol. The van der Waals surface area contributed by atoms with Crippen molar-refractivity contribution >= 4 is 11.8 Å². The van der Waals surface area contributed by atoms with Crippen molar-refractivity contribution in [2.45, 2.75) is 57.7 Å². The largest absolute Gasteiger partial charge is 0.437 e. The minimum atomic E-state index is -0.318. The molecular formula is C18H25N3O4. The minimum absolute atomic E-state index is 0.0274. The van der Waals surface area contributed by atoms with Crippen LogP contribution in [0.2, 0.25) is 0 Å². The third-order valence-electron chi connectivity index (χ3n) is 5.64. The first-order valence-corrected chi connectivity index (χ1v) is 9.19. The summed E-state index contributed by atoms with van der Waals surface area (Å²) in [6, 6.07) is 0.281. The summed E-state index contributed by atoms with van der Waals surface area (Å²) in [6.07, 6.45) is 4.07. The van der Waals surface area contributed by atoms with Crippen molar-refractivity contribution in [1.82, 2.24) is 14.8 Å². The van der Waals surface area contributed by atoms with Gasteiger partial charge in [0.2, 0.25) is 0 Å². The van der Waals surface area contributed by atoms with Crippen molar-refractivity contribution in [3.8, 4) is 0 Å². The van der Waals surface area contributed by atoms with Gasteiger partial charge in [0.15, 0.2) is 0 Å². The molecule has 0 radical (unpaired) electrons. The van der Waals surface area contributed by atoms with E-state index in [0.29, 0.717) is 37.7 Å². The molecule has 0 N–H and O–H groups in total. The van der Waals surface area contributed by atoms with Gasteiger partial charge in [0.05, 0.1) is 6.54 Å². The number of hydrogen-bond acceptors (Lipinski definition) is 5. The Morgan fingerprint density at radius 3 is 2.80 bits per heavy atom. The fourth-order valence-electron chi connectivity index (χ4n) is 3.95. The van der Waals surface area contributed by atoms with Crippen LogP contribution in [0.5, 0.6) is 0 Å². The molecule has 25 heavy (non-hydrogen) atoms. The number of carbonyl (C=O) groups excluding carboxylic acids is 2. The molecule has 0 aromatic carbocycles. The maximum atomic E-state index is 12.6. The summed E-state index contributed by atoms with van der Waals surface area (Å²) >= 11 is 0. The van der Waals surface area contributed by atoms with E-state index < -0.39 is 0 Å². The van der Waals surface area contributed by atoms with E-state index in [1.807, 2.05) is 7.05 Å². The number of nitrogens with zero attached hydrogens (tertiary/aromatic N) is 3. The van der Waals surface area contributed by atoms with Crippen LogP contribution in [-0.4, -0.2) is 58.9 Å². The van der Waals surface area contributed by atoms with Gasteiger partial charge in [-0.15, -0.1) is 0 Å². The molecule has 1 aliphatic carbocycles. The van der Waals surface area contributed by atoms with Gasteiger partial charge in [-0.2, -0.15) is 0 Å². The van der Waals surface area contributed by atoms with Crippen LogP contribution in [0.1, 0.15) is 54.7 Å². The zero-order valence-electron chi connectivity index (χ0n) is 14.9. The van der Waals surface area contributed by atoms with Gasteiger partial charge >= 0.3 is 5.91 Å². The number of aromatic nitrogens is 1. The smallest absolute Gasteiger partial charge is 0.309 e. The van der Waals surface area contributed by atoms with E-state index in [1.165, 1.54) is 0 Å². The van der Waals surface area contributed by atoms with E-state index in [9.17, 15) is 9.59 Å². The summed E-state index contributed by atoms with van der Waals surface area (Å²) in [5, 5.41) is 0. The normalized spacial score (nSPS) is 28.4. The Morgan fingerprint density at radius 2 is 2.12 bits per heavy atom. The average molecular weight is 347 g/mol. The molecule has 1 saturated heterocycles. The van der Waals surface area contributed by atoms with Crippen LogP contribution in [-0.2, 0) is 22.5 Å². The standard InChI is InChI=1S/C18H25N3O4/c1-11-8-12(9-11)20(2)18(23)16-19-13-10-21(6-5-14(13)25-16)17(22)15-4-3-7-24-15/h11-12,15H,3-10H2,1-2H3. The van der Waals surface area contributed by atoms with Crippen LogP contribution in [0.25, 0.3) is 0 Å². The second-order valence-corrected chi connectivity index (χ2v) is 7.55. The highest BCUT2D eigenvalue weighted by atomic mass is 16.5. The van der Waals surface area contributed by atoms with Gasteiger partial charge < -0.3 is 19.0 Å². The Hall–Kier alpha value is -1.89. The van der Waals surface area contributed by atoms with Crippen LogP contribution in [0.3, 0.4) is 0 Å². The summed E-state index contributed by atoms with van der Waals surface area (Å²) in [4.78, 5) is 33.0. The zero-order chi connectivity index (χ0) is 17.6. The van der Waals surface area contributed by atoms with Gasteiger partial charge in [-0.1, -0.05) is 6.92 Å². The first-order chi connectivity index (χ1) is 12.0. The summed E-state index contributed by atoms with van der Waals surface area (Å²) in [5.41, 5.74) is 0.705. The Balaban J connectivity index is 1.43. The lowest BCUT2D eigenvalue weighted by Gasteiger charge is -2.38. The Morgan fingerprint density at radius 1 is 1.32 bits per heavy atom. The fraction of sp³-hybridized carbons (Fsp3) is 0.722. The number of ether oxygens (including phenoxy) is 1. The summed E-state index contributed by atoms with van der Waals surface area (Å²) in [6.45, 7) is 3.84. The molecule has 2 amide bonds. The van der Waals surface area contributed by atoms with Crippen molar-refractivity contribution in [2.24, 2.45) is 5.92 Å². The number of amides is 2. The highest BCUT2D eigenvalue weighted by molar-refractivity contribution is 5.90. The topological polar surface area (TPSA) is 75.9 Å². The molecule has 7 nitrogen and oxygen atoms in total. The molecule has 2 fully saturated rings. The molecule has 1 atom stereocenters. The highest BCUT2D eigenvalue weighted by Gasteiger charge is 2.36. The molecule has 1 saturated carbocycles. The van der Waals surface area contributed by atoms with Gasteiger partial charge in [0.1, 0.15) is 17.6 Å². The van der Waals surface area contributed by atoms with Crippen LogP contribution < -0.4 is 0 Å². The number of rotatable bonds is 3. The SMILES string of the molecule is CC1CC(N(C)C(=O)c2nc3c(o2)CCN(C(=O)C2CCCO2)C3)C1. The first-order valence-electron chi connectivity index (χ1n) is 9.19. The molecule has 136 valence electrons. The second kappa shape index (κ2) is 6.44. The number of carbonyl (C=O) groups is 2. The molecule has 3 aliphatic rings. The lowest BCUT2D eigenvalue weighted by Crippen LogP contribution is -2.44. The first kappa shape index (κ1) is 16.6. The van der Waals surface area contributed by atoms with E-state index in [0.717, 1.165) is 31.4 Å². The van der Waals surface area contributed by atoms with E-state index >= 15 is 0 Å². The highest BCUT2D eigenvalue weighted by Crippen LogP contribution is 2.31. The molecule has 1 unspecified atom stereocenters. The molecule has 2 aliphatic heterocycles. The Bertz CT molecular complexity index is 674. The summed E-state index contributed by atoms with van der Waals surface area (Å²) in [5.74, 6) is 1.42. The molecular weight excluding hydrogens is 322 g/mol. The predicted octanol–water partition coefficient (Wildman–Crippen LogP) is 1.61. The third kappa shape index (κ3) is 3.05. The maximum absolute atomic E-state index is 12.6. The molecule has 4 rings (SSSR count). The zero-order valence-corrected chi connectivity index (χ0v) is 14.9. The minimum Gasteiger partial charge on any atom is -0.437 e. The molecule has 1 aromatic heterocycles. The van der Waals surface area contributed by atoms with Crippen molar-refractivity contribution in [2.75, 3.05) is 20.2 Å². The summed E-state index contributed by atoms with van der Waals surface area (Å²) < 4.78 is 11.2. The van der Waals surface area contributed by atoms with Crippen LogP contribution in [0.4, 0.5) is 0 Å². The van der Waals surface area contributed by atoms with Crippen LogP contribution in [0.15, 0.2) is 4.42 Å². The van der Waals surface area contributed by atoms with Crippen molar-refractivity contribution in [1.29, 1.82) is 0 Å². The number of hydrogen-bond donors (Lipinski definition) is 0. The summed E-state index contributed by atoms with van der Waals surface area (Å²) in [7, 11) is 1.81. The van der Waals surface area contributed by atoms with E-state index in [2.05, 4.69) is 11.9 Å². The van der Waals surface area contributed by atoms with Gasteiger partial charge in [-0.25, -0.2) is 4.98 Å². The molecule has 3 heterocycles. The van der Waals surface area contributed by atoms with Crippen molar-refractivity contribution < 1.29 is 18.7 Å². The molecule has 1 aromatic rings. The van der Waals surface area contributed by atoms with E-state index in [-0.39, 0.29) is 29.9 Å². The average Bonchev–Trinajstić information content (AvgIpc) is 3.25. The van der Waals surface area contributed by atoms with Gasteiger partial charge in [-0.05, 0) is 31.6 Å². The van der Waals surface area contributed by atoms with Gasteiger partial charge in [0, 0.05) is 32.7 Å². The van der Waals surface area contributed by atoms with Crippen LogP contribution in [0, 0.1) is 5.92 Å². The maximum Gasteiger partial charge on any atom is 0.309 e. The quantitative estimate of drug-likeness (QED) is 0.830. The van der Waals surface area contributed by atoms with Crippen molar-refractivity contribution in [3.05, 3.63) is 17.3 Å². The van der Waals surface area contributed by atoms with E-state index in [4.69, 9.17) is 9.15 Å². The number of fused-ring (bicyclic) bond motifs is 1. The Kier molecular flexibility index (Phi) is 4.27. The van der Waals surface area contributed by atoms with E-state index in [1.54, 1.807) is 9.80 Å². The van der Waals surface area contributed by atoms with Crippen LogP contribution >= 0.6 is 0 Å². The number of oxazole rings is 1. The van der Waals surface area contributed by atoms with Crippen molar-refractivity contribution in [3.63, 3.8) is 0 Å². The lowest BCUT2D eigenvalue weighted by atomic mass is 9.81. The van der Waals surface area contributed by atoms with Gasteiger partial charge in [-0.3, -0.25) is 9.59 Å². The lowest BCUT2D eigenvalue weighted by molar-refractivity contribution is -0.142. The fourth-order valence-corrected chi connectivity index (χ4v) is 3.95. The molecule has 7 heteroatoms. The Labute approximate surface area is 147 Å². The molecule has 0 bridgehead atoms. The second-order valence-electron chi connectivity index (χ2n) is 7.55. The van der Waals surface area contributed by atoms with Gasteiger partial charge in [0.25, 0.3) is 11.8 Å². The third-order valence-corrected chi connectivity index (χ3v) is 5.64.